The summed E-state index contributed by atoms with van der Waals surface area (Å²) in [4.78, 5) is 0. The third-order valence-electron chi connectivity index (χ3n) is 4.16. The molecule has 0 radical (unpaired) electrons. The van der Waals surface area contributed by atoms with Gasteiger partial charge in [-0.25, -0.2) is 9.13 Å². The smallest absolute Gasteiger partial charge is 0.356 e. The van der Waals surface area contributed by atoms with Crippen molar-refractivity contribution in [3.63, 3.8) is 0 Å². The minimum Gasteiger partial charge on any atom is -0.491 e. The minimum absolute atomic E-state index is 0.224. The van der Waals surface area contributed by atoms with Crippen molar-refractivity contribution in [1.29, 1.82) is 0 Å². The molecule has 0 saturated carbocycles. The molecule has 1 atom stereocenters. The zero-order valence-corrected chi connectivity index (χ0v) is 14.1. The first-order valence-corrected chi connectivity index (χ1v) is 8.24. The van der Waals surface area contributed by atoms with Gasteiger partial charge < -0.3 is 9.84 Å². The number of anilines is 1. The van der Waals surface area contributed by atoms with Gasteiger partial charge in [0.2, 0.25) is 0 Å². The number of nitrogen functional groups attached to an aromatic ring is 1. The van der Waals surface area contributed by atoms with Crippen LogP contribution in [0, 0.1) is 6.92 Å². The number of aliphatic hydroxyl groups is 1. The molecule has 0 amide bonds. The molecule has 126 valence electrons. The quantitative estimate of drug-likeness (QED) is 0.683. The Labute approximate surface area is 141 Å². The van der Waals surface area contributed by atoms with Crippen molar-refractivity contribution in [3.05, 3.63) is 54.1 Å². The van der Waals surface area contributed by atoms with Crippen LogP contribution in [0.4, 0.5) is 5.95 Å². The van der Waals surface area contributed by atoms with Crippen LogP contribution in [0.25, 0.3) is 11.0 Å². The number of hydrogen-bond acceptors (Lipinski definition) is 3. The summed E-state index contributed by atoms with van der Waals surface area (Å²) < 4.78 is 9.69. The van der Waals surface area contributed by atoms with Crippen LogP contribution in [0.3, 0.4) is 0 Å². The molecular formula is C19H24N3O2+. The summed E-state index contributed by atoms with van der Waals surface area (Å²) in [5.74, 6) is 1.41. The summed E-state index contributed by atoms with van der Waals surface area (Å²) in [5.41, 5.74) is 9.50. The Morgan fingerprint density at radius 3 is 2.75 bits per heavy atom. The topological polar surface area (TPSA) is 64.3 Å². The molecule has 0 spiro atoms. The fourth-order valence-electron chi connectivity index (χ4n) is 3.00. The lowest BCUT2D eigenvalue weighted by atomic mass is 10.2. The van der Waals surface area contributed by atoms with Gasteiger partial charge in [0.15, 0.2) is 0 Å². The third-order valence-corrected chi connectivity index (χ3v) is 4.16. The first-order valence-electron chi connectivity index (χ1n) is 8.24. The van der Waals surface area contributed by atoms with Crippen LogP contribution in [0.5, 0.6) is 5.75 Å². The van der Waals surface area contributed by atoms with Crippen LogP contribution in [-0.4, -0.2) is 22.4 Å². The molecule has 0 fully saturated rings. The van der Waals surface area contributed by atoms with E-state index in [1.165, 1.54) is 0 Å². The van der Waals surface area contributed by atoms with E-state index in [0.29, 0.717) is 12.5 Å². The maximum atomic E-state index is 10.4. The van der Waals surface area contributed by atoms with E-state index < -0.39 is 6.10 Å². The number of para-hydroxylation sites is 2. The molecule has 0 bridgehead atoms. The zero-order valence-electron chi connectivity index (χ0n) is 14.1. The van der Waals surface area contributed by atoms with E-state index in [-0.39, 0.29) is 6.61 Å². The molecule has 5 heteroatoms. The van der Waals surface area contributed by atoms with E-state index in [4.69, 9.17) is 10.5 Å². The number of aliphatic hydroxyl groups excluding tert-OH is 1. The minimum atomic E-state index is -0.645. The molecule has 5 nitrogen and oxygen atoms in total. The standard InChI is InChI=1S/C19H23N3O2/c1-3-21-17-9-4-5-10-18(17)22(19(21)20)12-15(23)13-24-16-8-6-7-14(2)11-16/h4-11,15,20,23H,3,12-13H2,1-2H3/p+1. The molecule has 0 aliphatic rings. The molecule has 0 saturated heterocycles. The van der Waals surface area contributed by atoms with Crippen molar-refractivity contribution >= 4 is 17.0 Å². The number of imidazole rings is 1. The third kappa shape index (κ3) is 3.21. The fraction of sp³-hybridized carbons (Fsp3) is 0.316. The van der Waals surface area contributed by atoms with Crippen LogP contribution in [0.1, 0.15) is 12.5 Å². The van der Waals surface area contributed by atoms with E-state index in [2.05, 4.69) is 6.92 Å². The molecule has 2 aromatic carbocycles. The fourth-order valence-corrected chi connectivity index (χ4v) is 3.00. The number of nitrogens with zero attached hydrogens (tertiary/aromatic N) is 2. The van der Waals surface area contributed by atoms with E-state index >= 15 is 0 Å². The highest BCUT2D eigenvalue weighted by molar-refractivity contribution is 5.73. The van der Waals surface area contributed by atoms with Crippen molar-refractivity contribution in [2.24, 2.45) is 0 Å². The van der Waals surface area contributed by atoms with Crippen molar-refractivity contribution < 1.29 is 14.4 Å². The Morgan fingerprint density at radius 1 is 1.21 bits per heavy atom. The van der Waals surface area contributed by atoms with Gasteiger partial charge in [-0.2, -0.15) is 0 Å². The average molecular weight is 326 g/mol. The number of rotatable bonds is 6. The Balaban J connectivity index is 1.76. The highest BCUT2D eigenvalue weighted by Crippen LogP contribution is 2.16. The second kappa shape index (κ2) is 6.93. The number of aromatic nitrogens is 2. The summed E-state index contributed by atoms with van der Waals surface area (Å²) in [6, 6.07) is 15.8. The monoisotopic (exact) mass is 326 g/mol. The van der Waals surface area contributed by atoms with Gasteiger partial charge in [-0.05, 0) is 43.7 Å². The van der Waals surface area contributed by atoms with Gasteiger partial charge in [0.05, 0.1) is 6.54 Å². The predicted molar refractivity (Wildman–Crippen MR) is 94.9 cm³/mol. The van der Waals surface area contributed by atoms with E-state index in [9.17, 15) is 5.11 Å². The normalized spacial score (nSPS) is 12.5. The van der Waals surface area contributed by atoms with Crippen molar-refractivity contribution in [2.45, 2.75) is 33.0 Å². The summed E-state index contributed by atoms with van der Waals surface area (Å²) >= 11 is 0. The molecule has 1 heterocycles. The second-order valence-electron chi connectivity index (χ2n) is 5.98. The van der Waals surface area contributed by atoms with E-state index in [1.807, 2.05) is 64.6 Å². The Hall–Kier alpha value is -2.53. The first kappa shape index (κ1) is 16.3. The molecule has 1 unspecified atom stereocenters. The van der Waals surface area contributed by atoms with Gasteiger partial charge in [0.25, 0.3) is 0 Å². The molecule has 24 heavy (non-hydrogen) atoms. The summed E-state index contributed by atoms with van der Waals surface area (Å²) in [5, 5.41) is 10.4. The molecular weight excluding hydrogens is 302 g/mol. The summed E-state index contributed by atoms with van der Waals surface area (Å²) in [6.07, 6.45) is -0.645. The molecule has 0 aliphatic heterocycles. The van der Waals surface area contributed by atoms with Crippen LogP contribution in [0.15, 0.2) is 48.5 Å². The van der Waals surface area contributed by atoms with Gasteiger partial charge in [-0.1, -0.05) is 24.3 Å². The maximum absolute atomic E-state index is 10.4. The summed E-state index contributed by atoms with van der Waals surface area (Å²) in [7, 11) is 0. The molecule has 0 aliphatic carbocycles. The number of benzene rings is 2. The highest BCUT2D eigenvalue weighted by Gasteiger charge is 2.22. The van der Waals surface area contributed by atoms with Crippen molar-refractivity contribution in [3.8, 4) is 5.75 Å². The number of hydrogen-bond donors (Lipinski definition) is 2. The van der Waals surface area contributed by atoms with Crippen LogP contribution in [-0.2, 0) is 13.1 Å². The van der Waals surface area contributed by atoms with Gasteiger partial charge >= 0.3 is 5.95 Å². The lowest BCUT2D eigenvalue weighted by Gasteiger charge is -2.12. The van der Waals surface area contributed by atoms with Crippen LogP contribution >= 0.6 is 0 Å². The van der Waals surface area contributed by atoms with Gasteiger partial charge in [0.1, 0.15) is 36.0 Å². The number of nitrogens with two attached hydrogens (primary N) is 1. The van der Waals surface area contributed by atoms with E-state index in [1.54, 1.807) is 0 Å². The molecule has 3 N–H and O–H groups in total. The zero-order chi connectivity index (χ0) is 17.1. The van der Waals surface area contributed by atoms with Crippen LogP contribution < -0.4 is 15.0 Å². The van der Waals surface area contributed by atoms with Gasteiger partial charge in [0, 0.05) is 0 Å². The average Bonchev–Trinajstić information content (AvgIpc) is 2.85. The van der Waals surface area contributed by atoms with Gasteiger partial charge in [-0.3, -0.25) is 5.73 Å². The second-order valence-corrected chi connectivity index (χ2v) is 5.98. The lowest BCUT2D eigenvalue weighted by Crippen LogP contribution is -2.43. The van der Waals surface area contributed by atoms with E-state index in [0.717, 1.165) is 28.9 Å². The van der Waals surface area contributed by atoms with Crippen LogP contribution in [0.2, 0.25) is 0 Å². The Bertz CT molecular complexity index is 842. The summed E-state index contributed by atoms with van der Waals surface area (Å²) in [6.45, 7) is 5.48. The SMILES string of the molecule is CCn1c(N)[n+](CC(O)COc2cccc(C)c2)c2ccccc21. The predicted octanol–water partition coefficient (Wildman–Crippen LogP) is 2.28. The molecule has 3 aromatic rings. The first-order chi connectivity index (χ1) is 11.6. The van der Waals surface area contributed by atoms with Crippen molar-refractivity contribution in [1.82, 2.24) is 4.57 Å². The number of aryl methyl sites for hydroxylation is 2. The number of fused-ring (bicyclic) bond motifs is 1. The maximum Gasteiger partial charge on any atom is 0.356 e. The lowest BCUT2D eigenvalue weighted by molar-refractivity contribution is -0.665. The van der Waals surface area contributed by atoms with Gasteiger partial charge in [-0.15, -0.1) is 0 Å². The molecule has 1 aromatic heterocycles. The van der Waals surface area contributed by atoms with Crippen molar-refractivity contribution in [2.75, 3.05) is 12.3 Å². The Kier molecular flexibility index (Phi) is 4.71. The Morgan fingerprint density at radius 2 is 2.00 bits per heavy atom. The number of ether oxygens (including phenoxy) is 1. The largest absolute Gasteiger partial charge is 0.491 e. The molecule has 3 rings (SSSR count). The highest BCUT2D eigenvalue weighted by atomic mass is 16.5.